The summed E-state index contributed by atoms with van der Waals surface area (Å²) in [5.74, 6) is -3.94. The van der Waals surface area contributed by atoms with Crippen LogP contribution in [0.3, 0.4) is 0 Å². The molecular formula is C29H32F6O5. The van der Waals surface area contributed by atoms with Crippen LogP contribution in [0.2, 0.25) is 0 Å². The van der Waals surface area contributed by atoms with Crippen molar-refractivity contribution in [3.8, 4) is 0 Å². The number of alkyl halides is 6. The molecule has 0 saturated heterocycles. The lowest BCUT2D eigenvalue weighted by molar-refractivity contribution is -0.168. The highest BCUT2D eigenvalue weighted by atomic mass is 19.4. The number of carbonyl (C=O) groups is 2. The van der Waals surface area contributed by atoms with Crippen molar-refractivity contribution in [2.24, 2.45) is 11.8 Å². The molecule has 11 heteroatoms. The van der Waals surface area contributed by atoms with E-state index < -0.39 is 65.4 Å². The number of esters is 2. The molecule has 1 aliphatic rings. The summed E-state index contributed by atoms with van der Waals surface area (Å²) in [4.78, 5) is 26.2. The fourth-order valence-corrected chi connectivity index (χ4v) is 5.31. The van der Waals surface area contributed by atoms with Crippen LogP contribution in [-0.4, -0.2) is 31.3 Å². The van der Waals surface area contributed by atoms with Gasteiger partial charge in [0.25, 0.3) is 0 Å². The van der Waals surface area contributed by atoms with E-state index >= 15 is 0 Å². The Bertz CT molecular complexity index is 1160. The van der Waals surface area contributed by atoms with Gasteiger partial charge in [-0.15, -0.1) is 0 Å². The summed E-state index contributed by atoms with van der Waals surface area (Å²) in [6.07, 6.45) is -11.7. The third kappa shape index (κ3) is 7.16. The molecule has 1 aliphatic carbocycles. The summed E-state index contributed by atoms with van der Waals surface area (Å²) in [7, 11) is 0. The molecule has 0 bridgehead atoms. The molecule has 1 fully saturated rings. The highest BCUT2D eigenvalue weighted by molar-refractivity contribution is 5.83. The molecule has 40 heavy (non-hydrogen) atoms. The van der Waals surface area contributed by atoms with E-state index in [9.17, 15) is 35.9 Å². The summed E-state index contributed by atoms with van der Waals surface area (Å²) >= 11 is 0. The quantitative estimate of drug-likeness (QED) is 0.243. The van der Waals surface area contributed by atoms with E-state index in [0.717, 1.165) is 5.56 Å². The topological polar surface area (TPSA) is 61.8 Å². The zero-order chi connectivity index (χ0) is 29.8. The zero-order valence-electron chi connectivity index (χ0n) is 22.6. The van der Waals surface area contributed by atoms with Gasteiger partial charge >= 0.3 is 24.3 Å². The lowest BCUT2D eigenvalue weighted by Gasteiger charge is -2.42. The minimum absolute atomic E-state index is 0.0394. The third-order valence-electron chi connectivity index (χ3n) is 7.14. The minimum Gasteiger partial charge on any atom is -0.466 e. The average Bonchev–Trinajstić information content (AvgIpc) is 2.87. The minimum atomic E-state index is -5.01. The van der Waals surface area contributed by atoms with Crippen molar-refractivity contribution >= 4 is 11.9 Å². The first kappa shape index (κ1) is 31.4. The molecule has 5 nitrogen and oxygen atoms in total. The van der Waals surface area contributed by atoms with Crippen LogP contribution in [0, 0.1) is 18.8 Å². The number of aryl methyl sites for hydroxylation is 1. The van der Waals surface area contributed by atoms with Crippen LogP contribution in [-0.2, 0) is 36.2 Å². The van der Waals surface area contributed by atoms with Gasteiger partial charge in [0.2, 0.25) is 0 Å². The molecule has 0 radical (unpaired) electrons. The van der Waals surface area contributed by atoms with E-state index in [4.69, 9.17) is 14.2 Å². The highest BCUT2D eigenvalue weighted by Gasteiger charge is 2.50. The first-order chi connectivity index (χ1) is 18.7. The predicted molar refractivity (Wildman–Crippen MR) is 133 cm³/mol. The van der Waals surface area contributed by atoms with Crippen LogP contribution < -0.4 is 0 Å². The van der Waals surface area contributed by atoms with Crippen molar-refractivity contribution in [2.75, 3.05) is 13.2 Å². The molecule has 220 valence electrons. The van der Waals surface area contributed by atoms with Crippen LogP contribution in [0.5, 0.6) is 0 Å². The molecule has 0 aromatic heterocycles. The van der Waals surface area contributed by atoms with Crippen molar-refractivity contribution < 1.29 is 50.1 Å². The van der Waals surface area contributed by atoms with E-state index in [1.54, 1.807) is 45.0 Å². The lowest BCUT2D eigenvalue weighted by atomic mass is 9.67. The first-order valence-electron chi connectivity index (χ1n) is 13.0. The van der Waals surface area contributed by atoms with Crippen molar-refractivity contribution in [3.05, 3.63) is 70.3 Å². The van der Waals surface area contributed by atoms with E-state index in [2.05, 4.69) is 0 Å². The lowest BCUT2D eigenvalue weighted by Crippen LogP contribution is -2.46. The molecule has 5 atom stereocenters. The van der Waals surface area contributed by atoms with Crippen molar-refractivity contribution in [1.82, 2.24) is 0 Å². The van der Waals surface area contributed by atoms with Crippen LogP contribution in [0.15, 0.2) is 42.5 Å². The molecule has 0 aliphatic heterocycles. The second-order valence-corrected chi connectivity index (χ2v) is 9.75. The second kappa shape index (κ2) is 12.6. The maximum Gasteiger partial charge on any atom is 0.416 e. The smallest absolute Gasteiger partial charge is 0.416 e. The fraction of sp³-hybridized carbons (Fsp3) is 0.517. The normalized spacial score (nSPS) is 22.4. The van der Waals surface area contributed by atoms with Gasteiger partial charge in [0.1, 0.15) is 0 Å². The molecule has 1 saturated carbocycles. The van der Waals surface area contributed by atoms with E-state index in [1.807, 2.05) is 0 Å². The third-order valence-corrected chi connectivity index (χ3v) is 7.14. The number of benzene rings is 2. The van der Waals surface area contributed by atoms with Crippen molar-refractivity contribution in [3.63, 3.8) is 0 Å². The first-order valence-corrected chi connectivity index (χ1v) is 13.0. The van der Waals surface area contributed by atoms with Gasteiger partial charge in [0.05, 0.1) is 48.4 Å². The maximum absolute atomic E-state index is 13.5. The number of hydrogen-bond acceptors (Lipinski definition) is 5. The number of rotatable bonds is 8. The average molecular weight is 575 g/mol. The molecular weight excluding hydrogens is 542 g/mol. The summed E-state index contributed by atoms with van der Waals surface area (Å²) in [6, 6.07) is 8.41. The molecule has 2 aromatic carbocycles. The number of carbonyl (C=O) groups excluding carboxylic acids is 2. The van der Waals surface area contributed by atoms with E-state index in [1.165, 1.54) is 6.92 Å². The van der Waals surface area contributed by atoms with Gasteiger partial charge in [-0.3, -0.25) is 9.59 Å². The molecule has 0 amide bonds. The molecule has 2 aromatic rings. The van der Waals surface area contributed by atoms with Crippen LogP contribution in [0.1, 0.15) is 73.5 Å². The fourth-order valence-electron chi connectivity index (χ4n) is 5.31. The van der Waals surface area contributed by atoms with Crippen LogP contribution in [0.25, 0.3) is 0 Å². The molecule has 0 spiro atoms. The number of ether oxygens (including phenoxy) is 3. The van der Waals surface area contributed by atoms with E-state index in [0.29, 0.717) is 17.7 Å². The number of halogens is 6. The van der Waals surface area contributed by atoms with Crippen LogP contribution >= 0.6 is 0 Å². The second-order valence-electron chi connectivity index (χ2n) is 9.75. The Morgan fingerprint density at radius 2 is 1.43 bits per heavy atom. The predicted octanol–water partition coefficient (Wildman–Crippen LogP) is 7.42. The monoisotopic (exact) mass is 574 g/mol. The standard InChI is InChI=1S/C29H32F6O5/c1-5-38-26(36)22-11-12-23(24(25(22)27(37)39-6-2)21-10-8-7-9-16(21)3)40-17(4)18-13-19(28(30,31)32)15-20(14-18)29(33,34)35/h7-10,13-15,17,22-25H,5-6,11-12H2,1-4H3/t17-,22+,23+,24-,25-/m1/s1. The molecule has 0 heterocycles. The van der Waals surface area contributed by atoms with Gasteiger partial charge in [0, 0.05) is 5.92 Å². The Kier molecular flexibility index (Phi) is 9.92. The summed E-state index contributed by atoms with van der Waals surface area (Å²) < 4.78 is 97.6. The Hall–Kier alpha value is -3.08. The highest BCUT2D eigenvalue weighted by Crippen LogP contribution is 2.47. The Morgan fingerprint density at radius 1 is 0.875 bits per heavy atom. The molecule has 0 unspecified atom stereocenters. The largest absolute Gasteiger partial charge is 0.466 e. The Morgan fingerprint density at radius 3 is 1.95 bits per heavy atom. The zero-order valence-corrected chi connectivity index (χ0v) is 22.6. The van der Waals surface area contributed by atoms with Crippen molar-refractivity contribution in [2.45, 2.75) is 71.0 Å². The maximum atomic E-state index is 13.5. The van der Waals surface area contributed by atoms with Gasteiger partial charge in [-0.25, -0.2) is 0 Å². The van der Waals surface area contributed by atoms with Gasteiger partial charge in [-0.2, -0.15) is 26.3 Å². The Balaban J connectivity index is 2.08. The Labute approximate surface area is 228 Å². The van der Waals surface area contributed by atoms with Gasteiger partial charge in [-0.1, -0.05) is 24.3 Å². The molecule has 3 rings (SSSR count). The summed E-state index contributed by atoms with van der Waals surface area (Å²) in [5.41, 5.74) is -1.78. The summed E-state index contributed by atoms with van der Waals surface area (Å²) in [6.45, 7) is 6.54. The van der Waals surface area contributed by atoms with Crippen LogP contribution in [0.4, 0.5) is 26.3 Å². The number of hydrogen-bond donors (Lipinski definition) is 0. The van der Waals surface area contributed by atoms with Gasteiger partial charge in [0.15, 0.2) is 0 Å². The van der Waals surface area contributed by atoms with E-state index in [-0.39, 0.29) is 37.7 Å². The summed E-state index contributed by atoms with van der Waals surface area (Å²) in [5, 5.41) is 0. The molecule has 0 N–H and O–H groups in total. The van der Waals surface area contributed by atoms with Gasteiger partial charge < -0.3 is 14.2 Å². The van der Waals surface area contributed by atoms with Crippen molar-refractivity contribution in [1.29, 1.82) is 0 Å². The SMILES string of the molecule is CCOC(=O)[C@H]1[C@H](c2ccccc2C)[C@@H](O[C@H](C)c2cc(C(F)(F)F)cc(C(F)(F)F)c2)CC[C@@H]1C(=O)OCC. The van der Waals surface area contributed by atoms with Gasteiger partial charge in [-0.05, 0) is 75.4 Å².